The number of aliphatic hydroxyl groups excluding tert-OH is 1. The van der Waals surface area contributed by atoms with Crippen molar-refractivity contribution in [3.05, 3.63) is 6.33 Å². The lowest BCUT2D eigenvalue weighted by Crippen LogP contribution is -2.45. The lowest BCUT2D eigenvalue weighted by molar-refractivity contribution is -0.143. The molecule has 0 radical (unpaired) electrons. The molecule has 4 rings (SSSR count). The van der Waals surface area contributed by atoms with Crippen molar-refractivity contribution in [1.82, 2.24) is 24.6 Å². The summed E-state index contributed by atoms with van der Waals surface area (Å²) >= 11 is 0. The Kier molecular flexibility index (Phi) is 6.45. The smallest absolute Gasteiger partial charge is 0.479 e. The van der Waals surface area contributed by atoms with E-state index in [1.54, 1.807) is 13.8 Å². The van der Waals surface area contributed by atoms with Crippen molar-refractivity contribution in [3.8, 4) is 5.88 Å². The van der Waals surface area contributed by atoms with Crippen LogP contribution < -0.4 is 15.6 Å². The molecule has 6 atom stereocenters. The molecular formula is C17H26N6O8P+. The molecule has 5 N–H and O–H groups in total. The molecule has 2 aromatic rings. The van der Waals surface area contributed by atoms with E-state index in [2.05, 4.69) is 20.0 Å². The summed E-state index contributed by atoms with van der Waals surface area (Å²) in [4.78, 5) is 34.5. The van der Waals surface area contributed by atoms with Gasteiger partial charge in [-0.05, 0) is 6.92 Å². The number of hydrogen-bond donors (Lipinski definition) is 4. The van der Waals surface area contributed by atoms with Crippen molar-refractivity contribution in [2.45, 2.75) is 50.8 Å². The second kappa shape index (κ2) is 8.98. The van der Waals surface area contributed by atoms with Crippen molar-refractivity contribution < 1.29 is 38.1 Å². The number of nitrogens with two attached hydrogens (primary N) is 1. The van der Waals surface area contributed by atoms with E-state index in [-0.39, 0.29) is 37.4 Å². The van der Waals surface area contributed by atoms with Crippen LogP contribution in [0.2, 0.25) is 0 Å². The Morgan fingerprint density at radius 2 is 2.28 bits per heavy atom. The number of ether oxygens (including phenoxy) is 3. The second-order valence-corrected chi connectivity index (χ2v) is 9.19. The van der Waals surface area contributed by atoms with E-state index in [0.717, 1.165) is 0 Å². The minimum absolute atomic E-state index is 0.0238. The number of aliphatic hydroxyl groups is 1. The van der Waals surface area contributed by atoms with E-state index < -0.39 is 38.7 Å². The first-order valence-corrected chi connectivity index (χ1v) is 11.6. The minimum atomic E-state index is -3.54. The molecule has 0 bridgehead atoms. The molecule has 4 heterocycles. The average molecular weight is 473 g/mol. The van der Waals surface area contributed by atoms with Gasteiger partial charge in [0.05, 0.1) is 19.5 Å². The fraction of sp³-hybridized carbons (Fsp3) is 0.647. The molecule has 14 nitrogen and oxygen atoms in total. The van der Waals surface area contributed by atoms with Gasteiger partial charge in [0, 0.05) is 6.42 Å². The third-order valence-corrected chi connectivity index (χ3v) is 6.82. The fourth-order valence-corrected chi connectivity index (χ4v) is 5.29. The number of esters is 1. The summed E-state index contributed by atoms with van der Waals surface area (Å²) in [6.07, 6.45) is -1.96. The maximum atomic E-state index is 11.3. The summed E-state index contributed by atoms with van der Waals surface area (Å²) in [5.74, 6) is -0.188. The fourth-order valence-electron chi connectivity index (χ4n) is 3.52. The van der Waals surface area contributed by atoms with Gasteiger partial charge in [0.15, 0.2) is 23.5 Å². The van der Waals surface area contributed by atoms with Crippen LogP contribution in [0.1, 0.15) is 26.5 Å². The van der Waals surface area contributed by atoms with Crippen molar-refractivity contribution in [2.24, 2.45) is 0 Å². The first-order valence-electron chi connectivity index (χ1n) is 10.0. The van der Waals surface area contributed by atoms with Crippen LogP contribution >= 0.6 is 8.09 Å². The molecular weight excluding hydrogens is 447 g/mol. The van der Waals surface area contributed by atoms with E-state index in [1.165, 1.54) is 18.0 Å². The normalized spacial score (nSPS) is 30.8. The van der Waals surface area contributed by atoms with Gasteiger partial charge < -0.3 is 25.1 Å². The van der Waals surface area contributed by atoms with E-state index >= 15 is 0 Å². The van der Waals surface area contributed by atoms with Crippen LogP contribution in [0.15, 0.2) is 6.33 Å². The van der Waals surface area contributed by atoms with Crippen molar-refractivity contribution in [3.63, 3.8) is 0 Å². The summed E-state index contributed by atoms with van der Waals surface area (Å²) < 4.78 is 28.9. The van der Waals surface area contributed by atoms with E-state index in [0.29, 0.717) is 11.2 Å². The highest BCUT2D eigenvalue weighted by molar-refractivity contribution is 7.58. The zero-order valence-electron chi connectivity index (χ0n) is 17.7. The van der Waals surface area contributed by atoms with Gasteiger partial charge in [0.2, 0.25) is 11.8 Å². The predicted octanol–water partition coefficient (Wildman–Crippen LogP) is -0.308. The SMILES string of the molecule is CCC(=O)OC[C@H](C)N[P+]1(O)OC[C@H]2O[C@@H](n3cnc4c(OC)nc(N)nc43)[C@@H](O)[C@@H]2O1. The van der Waals surface area contributed by atoms with Crippen molar-refractivity contribution >= 4 is 31.2 Å². The third-order valence-electron chi connectivity index (χ3n) is 5.03. The maximum Gasteiger partial charge on any atom is 0.499 e. The number of methoxy groups -OCH3 is 1. The molecule has 1 unspecified atom stereocenters. The van der Waals surface area contributed by atoms with Gasteiger partial charge in [-0.2, -0.15) is 23.9 Å². The summed E-state index contributed by atoms with van der Waals surface area (Å²) in [5, 5.41) is 13.8. The Morgan fingerprint density at radius 1 is 1.50 bits per heavy atom. The van der Waals surface area contributed by atoms with Crippen molar-refractivity contribution in [1.29, 1.82) is 0 Å². The number of rotatable bonds is 7. The van der Waals surface area contributed by atoms with Gasteiger partial charge in [-0.15, -0.1) is 5.09 Å². The monoisotopic (exact) mass is 473 g/mol. The number of nitrogens with zero attached hydrogens (tertiary/aromatic N) is 4. The molecule has 2 aliphatic heterocycles. The number of carbonyl (C=O) groups is 1. The van der Waals surface area contributed by atoms with Crippen LogP contribution in [0.5, 0.6) is 5.88 Å². The average Bonchev–Trinajstić information content (AvgIpc) is 3.31. The molecule has 0 amide bonds. The zero-order chi connectivity index (χ0) is 23.0. The standard InChI is InChI=1S/C17H26N6O8P/c1-4-10(24)28-5-8(2)22-32(26)29-6-9-13(31-32)12(25)16(30-9)23-7-19-11-14(23)20-17(18)21-15(11)27-3/h7-9,12-13,16,22,25-26H,4-6H2,1-3H3,(H2,18,20,21)/q+1/t8-,9+,12-,13+,16+,32?/m0/s1. The Balaban J connectivity index is 1.48. The van der Waals surface area contributed by atoms with Crippen LogP contribution in [0.3, 0.4) is 0 Å². The molecule has 2 aliphatic rings. The van der Waals surface area contributed by atoms with E-state index in [4.69, 9.17) is 29.0 Å². The van der Waals surface area contributed by atoms with Crippen molar-refractivity contribution in [2.75, 3.05) is 26.1 Å². The van der Waals surface area contributed by atoms with E-state index in [9.17, 15) is 14.8 Å². The number of carbonyl (C=O) groups excluding carboxylic acids is 1. The molecule has 0 saturated carbocycles. The topological polar surface area (TPSA) is 185 Å². The van der Waals surface area contributed by atoms with Crippen LogP contribution in [-0.2, 0) is 23.3 Å². The highest BCUT2D eigenvalue weighted by Gasteiger charge is 2.60. The highest BCUT2D eigenvalue weighted by Crippen LogP contribution is 2.59. The number of aromatic nitrogens is 4. The molecule has 32 heavy (non-hydrogen) atoms. The molecule has 0 aromatic carbocycles. The molecule has 15 heteroatoms. The predicted molar refractivity (Wildman–Crippen MR) is 110 cm³/mol. The molecule has 2 aromatic heterocycles. The van der Waals surface area contributed by atoms with Crippen LogP contribution in [0.4, 0.5) is 5.95 Å². The zero-order valence-corrected chi connectivity index (χ0v) is 18.6. The number of fused-ring (bicyclic) bond motifs is 2. The lowest BCUT2D eigenvalue weighted by atomic mass is 10.1. The number of nitrogens with one attached hydrogen (secondary N) is 1. The summed E-state index contributed by atoms with van der Waals surface area (Å²) in [6.45, 7) is 3.40. The second-order valence-electron chi connectivity index (χ2n) is 7.42. The number of hydrogen-bond acceptors (Lipinski definition) is 13. The van der Waals surface area contributed by atoms with Gasteiger partial charge in [-0.3, -0.25) is 9.36 Å². The first-order chi connectivity index (χ1) is 15.2. The van der Waals surface area contributed by atoms with Gasteiger partial charge in [-0.1, -0.05) is 6.92 Å². The largest absolute Gasteiger partial charge is 0.499 e. The van der Waals surface area contributed by atoms with Gasteiger partial charge >= 0.3 is 14.1 Å². The molecule has 0 aliphatic carbocycles. The number of anilines is 1. The maximum absolute atomic E-state index is 11.3. The highest BCUT2D eigenvalue weighted by atomic mass is 31.2. The Labute approximate surface area is 183 Å². The Morgan fingerprint density at radius 3 is 3.00 bits per heavy atom. The van der Waals surface area contributed by atoms with Gasteiger partial charge in [0.1, 0.15) is 25.4 Å². The molecule has 2 saturated heterocycles. The van der Waals surface area contributed by atoms with E-state index in [1.807, 2.05) is 0 Å². The number of nitrogen functional groups attached to an aromatic ring is 1. The first kappa shape index (κ1) is 23.0. The molecule has 176 valence electrons. The molecule has 2 fully saturated rings. The lowest BCUT2D eigenvalue weighted by Gasteiger charge is -2.30. The summed E-state index contributed by atoms with van der Waals surface area (Å²) in [7, 11) is -2.11. The number of imidazole rings is 1. The van der Waals surface area contributed by atoms with Gasteiger partial charge in [-0.25, -0.2) is 4.98 Å². The van der Waals surface area contributed by atoms with Crippen LogP contribution in [-0.4, -0.2) is 80.2 Å². The third kappa shape index (κ3) is 4.35. The van der Waals surface area contributed by atoms with Crippen LogP contribution in [0.25, 0.3) is 11.2 Å². The molecule has 0 spiro atoms. The quantitative estimate of drug-likeness (QED) is 0.303. The Hall–Kier alpha value is -2.19. The van der Waals surface area contributed by atoms with Crippen LogP contribution in [0, 0.1) is 0 Å². The summed E-state index contributed by atoms with van der Waals surface area (Å²) in [6, 6.07) is -0.444. The summed E-state index contributed by atoms with van der Waals surface area (Å²) in [5.41, 5.74) is 6.42. The van der Waals surface area contributed by atoms with Gasteiger partial charge in [0.25, 0.3) is 0 Å². The minimum Gasteiger partial charge on any atom is -0.479 e. The Bertz CT molecular complexity index is 993.